The van der Waals surface area contributed by atoms with Crippen LogP contribution in [0.2, 0.25) is 0 Å². The molecule has 0 radical (unpaired) electrons. The lowest BCUT2D eigenvalue weighted by Gasteiger charge is -2.32. The summed E-state index contributed by atoms with van der Waals surface area (Å²) in [6.07, 6.45) is -6.59. The quantitative estimate of drug-likeness (QED) is 0.448. The van der Waals surface area contributed by atoms with Crippen LogP contribution in [-0.4, -0.2) is 60.6 Å². The molecule has 1 aromatic carbocycles. The van der Waals surface area contributed by atoms with Gasteiger partial charge in [-0.3, -0.25) is 13.6 Å². The normalized spacial score (nSPS) is 31.6. The molecule has 5 rings (SSSR count). The number of aromatic nitrogens is 4. The number of aliphatic hydroxyl groups excluding tert-OH is 2. The van der Waals surface area contributed by atoms with Crippen LogP contribution in [0.3, 0.4) is 0 Å². The molecule has 4 N–H and O–H groups in total. The molecular weight excluding hydrogens is 467 g/mol. The first-order chi connectivity index (χ1) is 15.7. The minimum atomic E-state index is -4.31. The second-order valence-corrected chi connectivity index (χ2v) is 9.07. The smallest absolute Gasteiger partial charge is 0.404 e. The number of halogens is 2. The van der Waals surface area contributed by atoms with Gasteiger partial charge < -0.3 is 25.2 Å². The molecule has 2 aliphatic rings. The van der Waals surface area contributed by atoms with Crippen LogP contribution in [0.5, 0.6) is 5.75 Å². The van der Waals surface area contributed by atoms with Crippen molar-refractivity contribution < 1.29 is 41.9 Å². The summed E-state index contributed by atoms with van der Waals surface area (Å²) in [6, 6.07) is 6.55. The highest BCUT2D eigenvalue weighted by molar-refractivity contribution is 7.49. The highest BCUT2D eigenvalue weighted by Gasteiger charge is 2.62. The zero-order chi connectivity index (χ0) is 23.4. The number of nitrogen functional groups attached to an aromatic ring is 1. The molecule has 2 aromatic heterocycles. The number of ether oxygens (including phenoxy) is 1. The van der Waals surface area contributed by atoms with Gasteiger partial charge in [0.1, 0.15) is 29.8 Å². The van der Waals surface area contributed by atoms with Gasteiger partial charge in [0, 0.05) is 5.56 Å². The maximum Gasteiger partial charge on any atom is 0.530 e. The van der Waals surface area contributed by atoms with E-state index in [2.05, 4.69) is 15.0 Å². The van der Waals surface area contributed by atoms with E-state index in [0.717, 1.165) is 17.2 Å². The Kier molecular flexibility index (Phi) is 5.31. The van der Waals surface area contributed by atoms with Gasteiger partial charge in [-0.2, -0.15) is 0 Å². The Labute approximate surface area is 184 Å². The number of rotatable bonds is 5. The molecule has 1 saturated heterocycles. The zero-order valence-electron chi connectivity index (χ0n) is 16.7. The van der Waals surface area contributed by atoms with E-state index < -0.39 is 44.9 Å². The fourth-order valence-corrected chi connectivity index (χ4v) is 4.96. The molecule has 2 aliphatic heterocycles. The maximum absolute atomic E-state index is 14.2. The summed E-state index contributed by atoms with van der Waals surface area (Å²) in [7, 11) is -4.31. The highest BCUT2D eigenvalue weighted by Crippen LogP contribution is 2.56. The fourth-order valence-electron chi connectivity index (χ4n) is 3.70. The molecule has 0 bridgehead atoms. The first-order valence-corrected chi connectivity index (χ1v) is 11.1. The number of alkyl halides is 2. The average molecular weight is 485 g/mol. The summed E-state index contributed by atoms with van der Waals surface area (Å²) in [6.45, 7) is -1.24. The van der Waals surface area contributed by atoms with E-state index in [-0.39, 0.29) is 29.3 Å². The summed E-state index contributed by atoms with van der Waals surface area (Å²) in [5, 5.41) is 21.1. The monoisotopic (exact) mass is 485 g/mol. The van der Waals surface area contributed by atoms with Gasteiger partial charge in [-0.15, -0.1) is 0 Å². The Hall–Kier alpha value is -2.74. The zero-order valence-corrected chi connectivity index (χ0v) is 17.6. The van der Waals surface area contributed by atoms with Crippen LogP contribution in [0.4, 0.5) is 14.6 Å². The molecule has 12 nitrogen and oxygen atoms in total. The predicted octanol–water partition coefficient (Wildman–Crippen LogP) is 1.40. The lowest BCUT2D eigenvalue weighted by molar-refractivity contribution is -0.193. The van der Waals surface area contributed by atoms with Crippen molar-refractivity contribution in [2.45, 2.75) is 37.1 Å². The van der Waals surface area contributed by atoms with E-state index in [1.165, 1.54) is 6.07 Å². The Bertz CT molecular complexity index is 1250. The number of para-hydroxylation sites is 1. The molecule has 0 aliphatic carbocycles. The van der Waals surface area contributed by atoms with Crippen molar-refractivity contribution in [3.05, 3.63) is 42.5 Å². The predicted molar refractivity (Wildman–Crippen MR) is 106 cm³/mol. The summed E-state index contributed by atoms with van der Waals surface area (Å²) in [5.74, 6) is 0.242. The molecule has 1 fully saturated rings. The van der Waals surface area contributed by atoms with Gasteiger partial charge in [-0.05, 0) is 6.07 Å². The third-order valence-corrected chi connectivity index (χ3v) is 6.81. The largest absolute Gasteiger partial charge is 0.530 e. The molecule has 176 valence electrons. The SMILES string of the molecule is Nc1ncnc2c1ncn2[C@@H]1O[C@@](COP2(=O)OCc3ccccc3O2)(C(F)F)[C@@H](O)[C@H]1O. The second kappa shape index (κ2) is 7.94. The summed E-state index contributed by atoms with van der Waals surface area (Å²) in [4.78, 5) is 11.8. The lowest BCUT2D eigenvalue weighted by Crippen LogP contribution is -2.52. The van der Waals surface area contributed by atoms with Crippen molar-refractivity contribution in [3.8, 4) is 5.75 Å². The van der Waals surface area contributed by atoms with E-state index in [1.54, 1.807) is 18.2 Å². The summed E-state index contributed by atoms with van der Waals surface area (Å²) >= 11 is 0. The fraction of sp³-hybridized carbons (Fsp3) is 0.389. The number of fused-ring (bicyclic) bond motifs is 2. The van der Waals surface area contributed by atoms with Gasteiger partial charge in [0.15, 0.2) is 23.3 Å². The third kappa shape index (κ3) is 3.55. The van der Waals surface area contributed by atoms with E-state index in [0.29, 0.717) is 5.56 Å². The molecule has 5 atom stereocenters. The van der Waals surface area contributed by atoms with Gasteiger partial charge in [0.2, 0.25) is 0 Å². The van der Waals surface area contributed by atoms with Crippen LogP contribution < -0.4 is 10.3 Å². The van der Waals surface area contributed by atoms with Crippen molar-refractivity contribution in [2.75, 3.05) is 12.3 Å². The molecule has 0 spiro atoms. The summed E-state index contributed by atoms with van der Waals surface area (Å²) < 4.78 is 63.4. The van der Waals surface area contributed by atoms with Crippen molar-refractivity contribution >= 4 is 24.8 Å². The number of benzene rings is 1. The van der Waals surface area contributed by atoms with Crippen molar-refractivity contribution in [2.24, 2.45) is 0 Å². The molecule has 3 aromatic rings. The van der Waals surface area contributed by atoms with Gasteiger partial charge in [0.05, 0.1) is 19.5 Å². The van der Waals surface area contributed by atoms with Crippen LogP contribution >= 0.6 is 7.82 Å². The number of nitrogens with zero attached hydrogens (tertiary/aromatic N) is 4. The lowest BCUT2D eigenvalue weighted by atomic mass is 9.96. The molecule has 4 heterocycles. The van der Waals surface area contributed by atoms with Gasteiger partial charge >= 0.3 is 7.82 Å². The number of anilines is 1. The number of nitrogens with two attached hydrogens (primary N) is 1. The van der Waals surface area contributed by atoms with Crippen LogP contribution in [-0.2, 0) is 25.0 Å². The van der Waals surface area contributed by atoms with Crippen molar-refractivity contribution in [3.63, 3.8) is 0 Å². The number of phosphoric acid groups is 1. The minimum Gasteiger partial charge on any atom is -0.404 e. The molecule has 33 heavy (non-hydrogen) atoms. The Balaban J connectivity index is 1.42. The molecule has 0 saturated carbocycles. The van der Waals surface area contributed by atoms with Crippen LogP contribution in [0.25, 0.3) is 11.2 Å². The van der Waals surface area contributed by atoms with E-state index >= 15 is 0 Å². The first kappa shape index (κ1) is 22.1. The number of hydrogen-bond donors (Lipinski definition) is 3. The second-order valence-electron chi connectivity index (χ2n) is 7.48. The molecular formula is C18H18F2N5O7P. The molecule has 0 amide bonds. The van der Waals surface area contributed by atoms with Crippen LogP contribution in [0.15, 0.2) is 36.9 Å². The van der Waals surface area contributed by atoms with Crippen molar-refractivity contribution in [1.29, 1.82) is 0 Å². The summed E-state index contributed by atoms with van der Waals surface area (Å²) in [5.41, 5.74) is 3.81. The highest BCUT2D eigenvalue weighted by atomic mass is 31.2. The van der Waals surface area contributed by atoms with Gasteiger partial charge in [0.25, 0.3) is 6.43 Å². The molecule has 15 heteroatoms. The Morgan fingerprint density at radius 3 is 2.88 bits per heavy atom. The Morgan fingerprint density at radius 2 is 2.09 bits per heavy atom. The number of hydrogen-bond acceptors (Lipinski definition) is 11. The number of imidazole rings is 1. The number of aliphatic hydroxyl groups is 2. The van der Waals surface area contributed by atoms with Crippen molar-refractivity contribution in [1.82, 2.24) is 19.5 Å². The van der Waals surface area contributed by atoms with Crippen LogP contribution in [0.1, 0.15) is 11.8 Å². The first-order valence-electron chi connectivity index (χ1n) is 9.66. The van der Waals surface area contributed by atoms with E-state index in [9.17, 15) is 23.6 Å². The van der Waals surface area contributed by atoms with Gasteiger partial charge in [-0.1, -0.05) is 18.2 Å². The molecule has 1 unspecified atom stereocenters. The standard InChI is InChI=1S/C18H18F2N5O7P/c19-17(20)18(6-30-33(28)29-5-9-3-1-2-4-10(9)32-33)13(27)12(26)16(31-18)25-8-24-11-14(21)22-7-23-15(11)25/h1-4,7-8,12-13,16-17,26-27H,5-6H2,(H2,21,22,23)/t12-,13+,16-,18-,33?/m1/s1. The number of phosphoric ester groups is 1. The topological polar surface area (TPSA) is 164 Å². The third-order valence-electron chi connectivity index (χ3n) is 5.50. The van der Waals surface area contributed by atoms with E-state index in [1.807, 2.05) is 0 Å². The van der Waals surface area contributed by atoms with Crippen LogP contribution in [0, 0.1) is 0 Å². The van der Waals surface area contributed by atoms with E-state index in [4.69, 9.17) is 24.0 Å². The Morgan fingerprint density at radius 1 is 1.30 bits per heavy atom. The maximum atomic E-state index is 14.2. The minimum absolute atomic E-state index is 0.0280. The average Bonchev–Trinajstić information content (AvgIpc) is 3.33. The van der Waals surface area contributed by atoms with Gasteiger partial charge in [-0.25, -0.2) is 28.3 Å².